The Kier molecular flexibility index (Phi) is 5.40. The number of esters is 3. The van der Waals surface area contributed by atoms with Crippen molar-refractivity contribution in [2.45, 2.75) is 64.8 Å². The highest BCUT2D eigenvalue weighted by atomic mass is 16.6. The minimum Gasteiger partial charge on any atom is -0.472 e. The number of carbonyl (C=O) groups excluding carboxylic acids is 3. The fraction of sp³-hybridized carbons (Fsp3) is 0.696. The second kappa shape index (κ2) is 7.65. The van der Waals surface area contributed by atoms with Crippen LogP contribution in [-0.4, -0.2) is 42.3 Å². The summed E-state index contributed by atoms with van der Waals surface area (Å²) in [7, 11) is 1.34. The maximum Gasteiger partial charge on any atom is 0.310 e. The summed E-state index contributed by atoms with van der Waals surface area (Å²) in [6.45, 7) is 5.26. The Bertz CT molecular complexity index is 863. The first kappa shape index (κ1) is 21.9. The molecular weight excluding hydrogens is 404 g/mol. The minimum atomic E-state index is -1.02. The number of aliphatic hydroxyl groups is 1. The van der Waals surface area contributed by atoms with Crippen molar-refractivity contribution >= 4 is 17.9 Å². The molecule has 2 aliphatic carbocycles. The number of cyclic esters (lactones) is 1. The first-order chi connectivity index (χ1) is 14.6. The molecule has 0 aromatic carbocycles. The maximum absolute atomic E-state index is 13.0. The molecule has 8 nitrogen and oxygen atoms in total. The predicted octanol–water partition coefficient (Wildman–Crippen LogP) is 2.79. The predicted molar refractivity (Wildman–Crippen MR) is 106 cm³/mol. The molecule has 8 heteroatoms. The number of furan rings is 1. The van der Waals surface area contributed by atoms with Gasteiger partial charge in [0.05, 0.1) is 37.6 Å². The molecule has 1 aromatic heterocycles. The zero-order chi connectivity index (χ0) is 22.6. The molecule has 1 aliphatic heterocycles. The Hall–Kier alpha value is -2.35. The molecule has 2 heterocycles. The van der Waals surface area contributed by atoms with Crippen LogP contribution in [0.15, 0.2) is 23.0 Å². The van der Waals surface area contributed by atoms with Crippen LogP contribution in [0.3, 0.4) is 0 Å². The topological polar surface area (TPSA) is 112 Å². The lowest BCUT2D eigenvalue weighted by molar-refractivity contribution is -0.240. The second-order valence-corrected chi connectivity index (χ2v) is 9.72. The summed E-state index contributed by atoms with van der Waals surface area (Å²) in [5.41, 5.74) is -0.534. The van der Waals surface area contributed by atoms with Gasteiger partial charge in [0.25, 0.3) is 0 Å². The molecule has 170 valence electrons. The molecule has 0 spiro atoms. The van der Waals surface area contributed by atoms with Crippen molar-refractivity contribution < 1.29 is 38.1 Å². The van der Waals surface area contributed by atoms with Crippen molar-refractivity contribution in [2.24, 2.45) is 28.6 Å². The van der Waals surface area contributed by atoms with Crippen molar-refractivity contribution in [3.63, 3.8) is 0 Å². The lowest BCUT2D eigenvalue weighted by atomic mass is 9.42. The van der Waals surface area contributed by atoms with Gasteiger partial charge in [-0.3, -0.25) is 14.4 Å². The van der Waals surface area contributed by atoms with E-state index in [0.717, 1.165) is 5.56 Å². The Morgan fingerprint density at radius 3 is 2.61 bits per heavy atom. The van der Waals surface area contributed by atoms with Crippen LogP contribution in [-0.2, 0) is 28.6 Å². The van der Waals surface area contributed by atoms with E-state index >= 15 is 0 Å². The van der Waals surface area contributed by atoms with Crippen molar-refractivity contribution in [3.8, 4) is 0 Å². The third-order valence-corrected chi connectivity index (χ3v) is 8.06. The van der Waals surface area contributed by atoms with Gasteiger partial charge >= 0.3 is 17.9 Å². The number of ether oxygens (including phenoxy) is 3. The SMILES string of the molecule is COC(=O)[C@@H]1C[C@H](OC(C)=O)[C@H](O)C2[C@@]1(C)CC[C@H]1C(=O)O[C@H](c3ccoc3)C[C@]21C. The van der Waals surface area contributed by atoms with Gasteiger partial charge in [-0.05, 0) is 36.2 Å². The summed E-state index contributed by atoms with van der Waals surface area (Å²) in [6.07, 6.45) is 2.50. The molecule has 8 atom stereocenters. The van der Waals surface area contributed by atoms with Gasteiger partial charge in [-0.15, -0.1) is 0 Å². The fourth-order valence-corrected chi connectivity index (χ4v) is 6.74. The normalized spacial score (nSPS) is 42.0. The third kappa shape index (κ3) is 3.35. The molecule has 31 heavy (non-hydrogen) atoms. The number of hydrogen-bond acceptors (Lipinski definition) is 8. The number of carbonyl (C=O) groups is 3. The smallest absolute Gasteiger partial charge is 0.310 e. The van der Waals surface area contributed by atoms with E-state index in [4.69, 9.17) is 18.6 Å². The van der Waals surface area contributed by atoms with Gasteiger partial charge in [-0.25, -0.2) is 0 Å². The van der Waals surface area contributed by atoms with E-state index in [2.05, 4.69) is 0 Å². The lowest BCUT2D eigenvalue weighted by Gasteiger charge is -2.63. The molecule has 1 aromatic rings. The highest BCUT2D eigenvalue weighted by Crippen LogP contribution is 2.66. The summed E-state index contributed by atoms with van der Waals surface area (Å²) < 4.78 is 21.5. The molecular formula is C23H30O8. The van der Waals surface area contributed by atoms with Gasteiger partial charge in [0.15, 0.2) is 0 Å². The van der Waals surface area contributed by atoms with Crippen molar-refractivity contribution in [3.05, 3.63) is 24.2 Å². The molecule has 0 radical (unpaired) electrons. The average Bonchev–Trinajstić information content (AvgIpc) is 3.23. The molecule has 2 saturated carbocycles. The molecule has 1 saturated heterocycles. The Labute approximate surface area is 181 Å². The highest BCUT2D eigenvalue weighted by molar-refractivity contribution is 5.76. The van der Waals surface area contributed by atoms with Crippen LogP contribution in [0, 0.1) is 28.6 Å². The molecule has 1 N–H and O–H groups in total. The van der Waals surface area contributed by atoms with Crippen LogP contribution in [0.4, 0.5) is 0 Å². The summed E-state index contributed by atoms with van der Waals surface area (Å²) in [6, 6.07) is 1.76. The monoisotopic (exact) mass is 434 g/mol. The fourth-order valence-electron chi connectivity index (χ4n) is 6.74. The van der Waals surface area contributed by atoms with Gasteiger partial charge in [0.1, 0.15) is 12.2 Å². The number of aliphatic hydroxyl groups excluding tert-OH is 1. The van der Waals surface area contributed by atoms with Crippen LogP contribution in [0.1, 0.15) is 58.1 Å². The Balaban J connectivity index is 1.78. The molecule has 1 unspecified atom stereocenters. The summed E-state index contributed by atoms with van der Waals surface area (Å²) in [4.78, 5) is 37.6. The summed E-state index contributed by atoms with van der Waals surface area (Å²) >= 11 is 0. The number of methoxy groups -OCH3 is 1. The second-order valence-electron chi connectivity index (χ2n) is 9.72. The van der Waals surface area contributed by atoms with Crippen molar-refractivity contribution in [2.75, 3.05) is 7.11 Å². The molecule has 0 amide bonds. The average molecular weight is 434 g/mol. The van der Waals surface area contributed by atoms with E-state index in [1.54, 1.807) is 12.3 Å². The third-order valence-electron chi connectivity index (χ3n) is 8.06. The Morgan fingerprint density at radius 1 is 1.26 bits per heavy atom. The van der Waals surface area contributed by atoms with Crippen molar-refractivity contribution in [1.82, 2.24) is 0 Å². The standard InChI is InChI=1S/C23H30O8/c1-12(24)30-16-9-15(20(26)28-4)22(2)7-5-14-21(27)31-17(13-6-8-29-11-13)10-23(14,3)19(22)18(16)25/h6,8,11,14-19,25H,5,7,9-10H2,1-4H3/t14-,15-,16-,17-,18-,19?,22-,23-/m0/s1. The zero-order valence-electron chi connectivity index (χ0n) is 18.3. The zero-order valence-corrected chi connectivity index (χ0v) is 18.3. The lowest BCUT2D eigenvalue weighted by Crippen LogP contribution is -2.66. The molecule has 0 bridgehead atoms. The van der Waals surface area contributed by atoms with Crippen molar-refractivity contribution in [1.29, 1.82) is 0 Å². The van der Waals surface area contributed by atoms with E-state index in [-0.39, 0.29) is 18.4 Å². The van der Waals surface area contributed by atoms with Crippen LogP contribution in [0.2, 0.25) is 0 Å². The number of fused-ring (bicyclic) bond motifs is 3. The molecule has 3 fully saturated rings. The van der Waals surface area contributed by atoms with Gasteiger partial charge in [-0.1, -0.05) is 13.8 Å². The highest BCUT2D eigenvalue weighted by Gasteiger charge is 2.67. The van der Waals surface area contributed by atoms with E-state index < -0.39 is 52.9 Å². The van der Waals surface area contributed by atoms with E-state index in [0.29, 0.717) is 19.3 Å². The van der Waals surface area contributed by atoms with Gasteiger partial charge < -0.3 is 23.7 Å². The van der Waals surface area contributed by atoms with E-state index in [1.165, 1.54) is 20.3 Å². The number of hydrogen-bond donors (Lipinski definition) is 1. The van der Waals surface area contributed by atoms with E-state index in [9.17, 15) is 19.5 Å². The Morgan fingerprint density at radius 2 is 2.00 bits per heavy atom. The minimum absolute atomic E-state index is 0.191. The first-order valence-electron chi connectivity index (χ1n) is 10.8. The summed E-state index contributed by atoms with van der Waals surface area (Å²) in [5.74, 6) is -2.66. The first-order valence-corrected chi connectivity index (χ1v) is 10.8. The van der Waals surface area contributed by atoms with Crippen LogP contribution in [0.25, 0.3) is 0 Å². The quantitative estimate of drug-likeness (QED) is 0.571. The largest absolute Gasteiger partial charge is 0.472 e. The van der Waals surface area contributed by atoms with Gasteiger partial charge in [0.2, 0.25) is 0 Å². The molecule has 4 rings (SSSR count). The van der Waals surface area contributed by atoms with Crippen LogP contribution in [0.5, 0.6) is 0 Å². The van der Waals surface area contributed by atoms with Crippen LogP contribution < -0.4 is 0 Å². The van der Waals surface area contributed by atoms with Gasteiger partial charge in [-0.2, -0.15) is 0 Å². The number of rotatable bonds is 3. The van der Waals surface area contributed by atoms with Gasteiger partial charge in [0, 0.05) is 24.8 Å². The maximum atomic E-state index is 13.0. The molecule has 3 aliphatic rings. The van der Waals surface area contributed by atoms with Crippen LogP contribution >= 0.6 is 0 Å². The van der Waals surface area contributed by atoms with E-state index in [1.807, 2.05) is 13.8 Å². The summed E-state index contributed by atoms with van der Waals surface area (Å²) in [5, 5.41) is 11.5.